The Balaban J connectivity index is 2.76. The Bertz CT molecular complexity index is 300. The molecule has 0 spiro atoms. The van der Waals surface area contributed by atoms with E-state index in [2.05, 4.69) is 0 Å². The van der Waals surface area contributed by atoms with Crippen molar-refractivity contribution < 1.29 is 4.74 Å². The minimum atomic E-state index is -0.546. The van der Waals surface area contributed by atoms with E-state index in [1.165, 1.54) is 0 Å². The summed E-state index contributed by atoms with van der Waals surface area (Å²) < 4.78 is 5.25. The second-order valence-electron chi connectivity index (χ2n) is 2.61. The summed E-state index contributed by atoms with van der Waals surface area (Å²) in [7, 11) is 0. The minimum absolute atomic E-state index is 0.546. The van der Waals surface area contributed by atoms with E-state index in [4.69, 9.17) is 15.7 Å². The molecule has 0 bridgehead atoms. The van der Waals surface area contributed by atoms with E-state index in [0.717, 1.165) is 11.3 Å². The van der Waals surface area contributed by atoms with E-state index in [1.54, 1.807) is 12.1 Å². The molecule has 1 rings (SSSR count). The van der Waals surface area contributed by atoms with Crippen LogP contribution < -0.4 is 10.5 Å². The van der Waals surface area contributed by atoms with Crippen molar-refractivity contribution in [2.24, 2.45) is 5.73 Å². The number of nitrogens with two attached hydrogens (primary N) is 1. The van der Waals surface area contributed by atoms with Crippen LogP contribution in [-0.2, 0) is 0 Å². The summed E-state index contributed by atoms with van der Waals surface area (Å²) >= 11 is 0. The van der Waals surface area contributed by atoms with Gasteiger partial charge in [0.05, 0.1) is 12.7 Å². The number of ether oxygens (including phenoxy) is 1. The Hall–Kier alpha value is -1.53. The first-order valence-corrected chi connectivity index (χ1v) is 4.16. The van der Waals surface area contributed by atoms with Gasteiger partial charge in [-0.1, -0.05) is 12.1 Å². The molecule has 0 aliphatic heterocycles. The maximum absolute atomic E-state index is 8.55. The number of hydrogen-bond donors (Lipinski definition) is 1. The average Bonchev–Trinajstić information content (AvgIpc) is 2.18. The molecular formula is C10H12N2O. The van der Waals surface area contributed by atoms with Gasteiger partial charge in [0.15, 0.2) is 0 Å². The summed E-state index contributed by atoms with van der Waals surface area (Å²) in [6.07, 6.45) is 0. The van der Waals surface area contributed by atoms with Crippen molar-refractivity contribution in [3.8, 4) is 11.8 Å². The molecule has 3 nitrogen and oxygen atoms in total. The fourth-order valence-corrected chi connectivity index (χ4v) is 1.01. The van der Waals surface area contributed by atoms with Gasteiger partial charge in [0, 0.05) is 0 Å². The van der Waals surface area contributed by atoms with Gasteiger partial charge in [0.2, 0.25) is 0 Å². The smallest absolute Gasteiger partial charge is 0.119 e. The van der Waals surface area contributed by atoms with E-state index in [0.29, 0.717) is 6.61 Å². The van der Waals surface area contributed by atoms with Gasteiger partial charge in [-0.3, -0.25) is 0 Å². The van der Waals surface area contributed by atoms with Gasteiger partial charge >= 0.3 is 0 Å². The lowest BCUT2D eigenvalue weighted by molar-refractivity contribution is 0.340. The van der Waals surface area contributed by atoms with E-state index in [9.17, 15) is 0 Å². The lowest BCUT2D eigenvalue weighted by Crippen LogP contribution is -2.06. The Kier molecular flexibility index (Phi) is 3.30. The monoisotopic (exact) mass is 176 g/mol. The quantitative estimate of drug-likeness (QED) is 0.761. The summed E-state index contributed by atoms with van der Waals surface area (Å²) in [4.78, 5) is 0. The van der Waals surface area contributed by atoms with Gasteiger partial charge in [-0.15, -0.1) is 0 Å². The molecule has 0 radical (unpaired) electrons. The third-order valence-corrected chi connectivity index (χ3v) is 1.69. The zero-order chi connectivity index (χ0) is 9.68. The van der Waals surface area contributed by atoms with Gasteiger partial charge in [0.25, 0.3) is 0 Å². The first-order valence-electron chi connectivity index (χ1n) is 4.16. The minimum Gasteiger partial charge on any atom is -0.494 e. The van der Waals surface area contributed by atoms with Crippen molar-refractivity contribution >= 4 is 0 Å². The average molecular weight is 176 g/mol. The zero-order valence-electron chi connectivity index (χ0n) is 7.53. The van der Waals surface area contributed by atoms with Crippen LogP contribution in [0.15, 0.2) is 24.3 Å². The van der Waals surface area contributed by atoms with Gasteiger partial charge in [-0.25, -0.2) is 0 Å². The molecule has 2 N–H and O–H groups in total. The molecule has 0 aliphatic carbocycles. The molecule has 0 amide bonds. The Morgan fingerprint density at radius 3 is 2.54 bits per heavy atom. The Labute approximate surface area is 77.7 Å². The maximum Gasteiger partial charge on any atom is 0.119 e. The second kappa shape index (κ2) is 4.48. The number of rotatable bonds is 3. The van der Waals surface area contributed by atoms with Crippen LogP contribution in [0.5, 0.6) is 5.75 Å². The lowest BCUT2D eigenvalue weighted by Gasteiger charge is -2.05. The third kappa shape index (κ3) is 2.46. The van der Waals surface area contributed by atoms with Crippen molar-refractivity contribution in [1.82, 2.24) is 0 Å². The molecule has 0 aliphatic rings. The van der Waals surface area contributed by atoms with Crippen molar-refractivity contribution in [1.29, 1.82) is 5.26 Å². The molecule has 1 unspecified atom stereocenters. The molecule has 0 saturated heterocycles. The molecule has 1 aromatic carbocycles. The van der Waals surface area contributed by atoms with E-state index in [-0.39, 0.29) is 0 Å². The van der Waals surface area contributed by atoms with Crippen LogP contribution in [0.2, 0.25) is 0 Å². The molecule has 1 aromatic rings. The van der Waals surface area contributed by atoms with Gasteiger partial charge in [-0.05, 0) is 24.6 Å². The molecule has 0 fully saturated rings. The summed E-state index contributed by atoms with van der Waals surface area (Å²) in [5.74, 6) is 0.802. The Morgan fingerprint density at radius 1 is 1.46 bits per heavy atom. The summed E-state index contributed by atoms with van der Waals surface area (Å²) in [5.41, 5.74) is 6.33. The zero-order valence-corrected chi connectivity index (χ0v) is 7.53. The standard InChI is InChI=1S/C10H12N2O/c1-2-13-9-5-3-8(4-6-9)10(12)7-11/h3-6,10H,2,12H2,1H3. The first-order chi connectivity index (χ1) is 6.27. The molecule has 0 heterocycles. The van der Waals surface area contributed by atoms with Gasteiger partial charge in [-0.2, -0.15) is 5.26 Å². The highest BCUT2D eigenvalue weighted by Crippen LogP contribution is 2.15. The van der Waals surface area contributed by atoms with Crippen LogP contribution in [0, 0.1) is 11.3 Å². The van der Waals surface area contributed by atoms with Crippen molar-refractivity contribution in [3.05, 3.63) is 29.8 Å². The van der Waals surface area contributed by atoms with Crippen LogP contribution in [0.4, 0.5) is 0 Å². The molecule has 13 heavy (non-hydrogen) atoms. The van der Waals surface area contributed by atoms with E-state index < -0.39 is 6.04 Å². The highest BCUT2D eigenvalue weighted by Gasteiger charge is 2.02. The summed E-state index contributed by atoms with van der Waals surface area (Å²) in [6, 6.07) is 8.66. The highest BCUT2D eigenvalue weighted by molar-refractivity contribution is 5.31. The van der Waals surface area contributed by atoms with Crippen LogP contribution >= 0.6 is 0 Å². The highest BCUT2D eigenvalue weighted by atomic mass is 16.5. The predicted octanol–water partition coefficient (Wildman–Crippen LogP) is 1.61. The summed E-state index contributed by atoms with van der Waals surface area (Å²) in [5, 5.41) is 8.55. The van der Waals surface area contributed by atoms with Gasteiger partial charge in [0.1, 0.15) is 11.8 Å². The van der Waals surface area contributed by atoms with Crippen LogP contribution in [0.3, 0.4) is 0 Å². The van der Waals surface area contributed by atoms with Crippen molar-refractivity contribution in [2.45, 2.75) is 13.0 Å². The molecule has 0 aromatic heterocycles. The fraction of sp³-hybridized carbons (Fsp3) is 0.300. The maximum atomic E-state index is 8.55. The normalized spacial score (nSPS) is 11.8. The third-order valence-electron chi connectivity index (χ3n) is 1.69. The molecular weight excluding hydrogens is 164 g/mol. The number of nitriles is 1. The largest absolute Gasteiger partial charge is 0.494 e. The summed E-state index contributed by atoms with van der Waals surface area (Å²) in [6.45, 7) is 2.57. The molecule has 0 saturated carbocycles. The van der Waals surface area contributed by atoms with Crippen molar-refractivity contribution in [3.63, 3.8) is 0 Å². The molecule has 3 heteroatoms. The first kappa shape index (κ1) is 9.56. The number of hydrogen-bond acceptors (Lipinski definition) is 3. The fourth-order valence-electron chi connectivity index (χ4n) is 1.01. The van der Waals surface area contributed by atoms with E-state index >= 15 is 0 Å². The van der Waals surface area contributed by atoms with E-state index in [1.807, 2.05) is 25.1 Å². The van der Waals surface area contributed by atoms with Crippen LogP contribution in [0.25, 0.3) is 0 Å². The van der Waals surface area contributed by atoms with Gasteiger partial charge < -0.3 is 10.5 Å². The topological polar surface area (TPSA) is 59.0 Å². The molecule has 68 valence electrons. The SMILES string of the molecule is CCOc1ccc(C(N)C#N)cc1. The predicted molar refractivity (Wildman–Crippen MR) is 50.2 cm³/mol. The second-order valence-corrected chi connectivity index (χ2v) is 2.61. The Morgan fingerprint density at radius 2 is 2.08 bits per heavy atom. The number of benzene rings is 1. The molecule has 1 atom stereocenters. The van der Waals surface area contributed by atoms with Crippen LogP contribution in [-0.4, -0.2) is 6.61 Å². The van der Waals surface area contributed by atoms with Crippen LogP contribution in [0.1, 0.15) is 18.5 Å². The number of nitrogens with zero attached hydrogens (tertiary/aromatic N) is 1. The van der Waals surface area contributed by atoms with Crippen molar-refractivity contribution in [2.75, 3.05) is 6.61 Å². The lowest BCUT2D eigenvalue weighted by atomic mass is 10.1.